The molecule has 2 N–H and O–H groups in total. The molecular formula is C14H19IN4. The van der Waals surface area contributed by atoms with Gasteiger partial charge < -0.3 is 15.2 Å². The number of H-pyrrole nitrogens is 1. The minimum atomic E-state index is 0. The monoisotopic (exact) mass is 370 g/mol. The second-order valence-corrected chi connectivity index (χ2v) is 4.70. The van der Waals surface area contributed by atoms with Gasteiger partial charge in [0.15, 0.2) is 5.96 Å². The molecule has 0 amide bonds. The van der Waals surface area contributed by atoms with Crippen LogP contribution in [0.3, 0.4) is 0 Å². The summed E-state index contributed by atoms with van der Waals surface area (Å²) in [5, 5.41) is 4.67. The predicted octanol–water partition coefficient (Wildman–Crippen LogP) is 2.22. The number of rotatable bonds is 3. The lowest BCUT2D eigenvalue weighted by molar-refractivity contribution is 0.534. The van der Waals surface area contributed by atoms with Gasteiger partial charge in [-0.25, -0.2) is 0 Å². The van der Waals surface area contributed by atoms with Crippen molar-refractivity contribution in [3.63, 3.8) is 0 Å². The summed E-state index contributed by atoms with van der Waals surface area (Å²) in [4.78, 5) is 9.79. The highest BCUT2D eigenvalue weighted by Crippen LogP contribution is 2.14. The minimum Gasteiger partial charge on any atom is -0.361 e. The van der Waals surface area contributed by atoms with E-state index in [1.165, 1.54) is 16.5 Å². The van der Waals surface area contributed by atoms with Crippen molar-refractivity contribution in [1.82, 2.24) is 15.2 Å². The molecule has 0 unspecified atom stereocenters. The lowest BCUT2D eigenvalue weighted by atomic mass is 10.1. The molecule has 1 aromatic heterocycles. The zero-order valence-electron chi connectivity index (χ0n) is 11.0. The predicted molar refractivity (Wildman–Crippen MR) is 90.4 cm³/mol. The van der Waals surface area contributed by atoms with Crippen LogP contribution in [-0.2, 0) is 6.42 Å². The molecule has 0 spiro atoms. The van der Waals surface area contributed by atoms with Crippen LogP contribution in [0.4, 0.5) is 0 Å². The molecule has 2 aromatic rings. The summed E-state index contributed by atoms with van der Waals surface area (Å²) in [6.07, 6.45) is 3.00. The summed E-state index contributed by atoms with van der Waals surface area (Å²) >= 11 is 0. The van der Waals surface area contributed by atoms with E-state index in [-0.39, 0.29) is 24.0 Å². The van der Waals surface area contributed by atoms with Crippen molar-refractivity contribution in [2.75, 3.05) is 26.7 Å². The van der Waals surface area contributed by atoms with Crippen molar-refractivity contribution >= 4 is 40.8 Å². The fourth-order valence-corrected chi connectivity index (χ4v) is 2.30. The van der Waals surface area contributed by atoms with Crippen LogP contribution in [0.5, 0.6) is 0 Å². The van der Waals surface area contributed by atoms with E-state index in [9.17, 15) is 0 Å². The average molecular weight is 370 g/mol. The highest BCUT2D eigenvalue weighted by atomic mass is 127. The highest BCUT2D eigenvalue weighted by Gasteiger charge is 2.10. The summed E-state index contributed by atoms with van der Waals surface area (Å²) in [5.74, 6) is 1.03. The van der Waals surface area contributed by atoms with Gasteiger partial charge in [-0.1, -0.05) is 6.07 Å². The highest BCUT2D eigenvalue weighted by molar-refractivity contribution is 14.0. The first-order valence-electron chi connectivity index (χ1n) is 6.38. The Bertz CT molecular complexity index is 576. The first kappa shape index (κ1) is 14.2. The summed E-state index contributed by atoms with van der Waals surface area (Å²) in [5.41, 5.74) is 2.56. The number of guanidine groups is 1. The maximum atomic E-state index is 4.42. The maximum absolute atomic E-state index is 4.42. The van der Waals surface area contributed by atoms with E-state index in [0.717, 1.165) is 32.0 Å². The molecule has 3 rings (SSSR count). The SMILES string of the molecule is CN1CCN=C1NCCc1ccc2[nH]ccc2c1.I. The van der Waals surface area contributed by atoms with Gasteiger partial charge in [-0.05, 0) is 35.6 Å². The molecule has 1 aliphatic rings. The van der Waals surface area contributed by atoms with Gasteiger partial charge in [0.1, 0.15) is 0 Å². The molecule has 0 saturated heterocycles. The van der Waals surface area contributed by atoms with E-state index in [1.54, 1.807) is 0 Å². The van der Waals surface area contributed by atoms with E-state index in [2.05, 4.69) is 51.5 Å². The molecule has 1 aromatic carbocycles. The summed E-state index contributed by atoms with van der Waals surface area (Å²) in [6, 6.07) is 8.68. The average Bonchev–Trinajstić information content (AvgIpc) is 2.98. The molecule has 0 saturated carbocycles. The second kappa shape index (κ2) is 6.27. The van der Waals surface area contributed by atoms with Gasteiger partial charge in [0.05, 0.1) is 6.54 Å². The molecule has 0 fully saturated rings. The van der Waals surface area contributed by atoms with E-state index in [4.69, 9.17) is 0 Å². The Morgan fingerprint density at radius 1 is 1.37 bits per heavy atom. The molecule has 0 radical (unpaired) electrons. The molecule has 0 atom stereocenters. The van der Waals surface area contributed by atoms with Crippen LogP contribution in [0.1, 0.15) is 5.56 Å². The van der Waals surface area contributed by atoms with Crippen LogP contribution in [0.15, 0.2) is 35.5 Å². The third-order valence-electron chi connectivity index (χ3n) is 3.37. The van der Waals surface area contributed by atoms with E-state index < -0.39 is 0 Å². The Labute approximate surface area is 130 Å². The van der Waals surface area contributed by atoms with Crippen LogP contribution in [0.2, 0.25) is 0 Å². The normalized spacial score (nSPS) is 14.4. The first-order chi connectivity index (χ1) is 8.83. The van der Waals surface area contributed by atoms with Crippen molar-refractivity contribution in [1.29, 1.82) is 0 Å². The fourth-order valence-electron chi connectivity index (χ4n) is 2.30. The Morgan fingerprint density at radius 3 is 3.05 bits per heavy atom. The zero-order chi connectivity index (χ0) is 12.4. The first-order valence-corrected chi connectivity index (χ1v) is 6.38. The Morgan fingerprint density at radius 2 is 2.26 bits per heavy atom. The molecule has 4 nitrogen and oxygen atoms in total. The van der Waals surface area contributed by atoms with Crippen LogP contribution < -0.4 is 5.32 Å². The number of hydrogen-bond donors (Lipinski definition) is 2. The van der Waals surface area contributed by atoms with Crippen molar-refractivity contribution in [2.45, 2.75) is 6.42 Å². The third kappa shape index (κ3) is 3.20. The quantitative estimate of drug-likeness (QED) is 0.814. The lowest BCUT2D eigenvalue weighted by Crippen LogP contribution is -2.36. The molecule has 0 aliphatic carbocycles. The van der Waals surface area contributed by atoms with Crippen molar-refractivity contribution < 1.29 is 0 Å². The number of nitrogens with zero attached hydrogens (tertiary/aromatic N) is 2. The smallest absolute Gasteiger partial charge is 0.193 e. The number of aliphatic imine (C=N–C) groups is 1. The molecule has 5 heteroatoms. The van der Waals surface area contributed by atoms with Crippen LogP contribution >= 0.6 is 24.0 Å². The van der Waals surface area contributed by atoms with Crippen LogP contribution in [-0.4, -0.2) is 42.5 Å². The molecule has 1 aliphatic heterocycles. The van der Waals surface area contributed by atoms with E-state index in [1.807, 2.05) is 6.20 Å². The Hall–Kier alpha value is -1.24. The van der Waals surface area contributed by atoms with E-state index >= 15 is 0 Å². The van der Waals surface area contributed by atoms with Crippen molar-refractivity contribution in [2.24, 2.45) is 4.99 Å². The topological polar surface area (TPSA) is 43.4 Å². The number of nitrogens with one attached hydrogen (secondary N) is 2. The van der Waals surface area contributed by atoms with Crippen molar-refractivity contribution in [3.8, 4) is 0 Å². The van der Waals surface area contributed by atoms with Crippen LogP contribution in [0, 0.1) is 0 Å². The van der Waals surface area contributed by atoms with Gasteiger partial charge in [-0.2, -0.15) is 0 Å². The molecule has 2 heterocycles. The van der Waals surface area contributed by atoms with Crippen molar-refractivity contribution in [3.05, 3.63) is 36.0 Å². The van der Waals surface area contributed by atoms with Gasteiger partial charge >= 0.3 is 0 Å². The summed E-state index contributed by atoms with van der Waals surface area (Å²) < 4.78 is 0. The molecule has 19 heavy (non-hydrogen) atoms. The van der Waals surface area contributed by atoms with Gasteiger partial charge in [0.2, 0.25) is 0 Å². The second-order valence-electron chi connectivity index (χ2n) is 4.70. The van der Waals surface area contributed by atoms with Gasteiger partial charge in [0.25, 0.3) is 0 Å². The number of aromatic amines is 1. The zero-order valence-corrected chi connectivity index (χ0v) is 13.3. The standard InChI is InChI=1S/C14H18N4.HI/c1-18-9-8-17-14(18)16-6-4-11-2-3-13-12(10-11)5-7-15-13;/h2-3,5,7,10,15H,4,6,8-9H2,1H3,(H,16,17);1H. The van der Waals surface area contributed by atoms with Gasteiger partial charge in [0, 0.05) is 31.9 Å². The molecule has 102 valence electrons. The minimum absolute atomic E-state index is 0. The summed E-state index contributed by atoms with van der Waals surface area (Å²) in [7, 11) is 2.07. The van der Waals surface area contributed by atoms with Gasteiger partial charge in [-0.3, -0.25) is 4.99 Å². The number of benzene rings is 1. The Balaban J connectivity index is 0.00000133. The number of aromatic nitrogens is 1. The number of likely N-dealkylation sites (N-methyl/N-ethyl adjacent to an activating group) is 1. The number of hydrogen-bond acceptors (Lipinski definition) is 3. The van der Waals surface area contributed by atoms with Gasteiger partial charge in [-0.15, -0.1) is 24.0 Å². The fraction of sp³-hybridized carbons (Fsp3) is 0.357. The molecular weight excluding hydrogens is 351 g/mol. The Kier molecular flexibility index (Phi) is 4.68. The lowest BCUT2D eigenvalue weighted by Gasteiger charge is -2.15. The number of halogens is 1. The largest absolute Gasteiger partial charge is 0.361 e. The summed E-state index contributed by atoms with van der Waals surface area (Å²) in [6.45, 7) is 2.87. The third-order valence-corrected chi connectivity index (χ3v) is 3.37. The number of fused-ring (bicyclic) bond motifs is 1. The maximum Gasteiger partial charge on any atom is 0.193 e. The van der Waals surface area contributed by atoms with E-state index in [0.29, 0.717) is 0 Å². The molecule has 0 bridgehead atoms. The van der Waals surface area contributed by atoms with Crippen LogP contribution in [0.25, 0.3) is 10.9 Å².